The van der Waals surface area contributed by atoms with E-state index in [-0.39, 0.29) is 11.9 Å². The molecular weight excluding hydrogens is 397 g/mol. The minimum atomic E-state index is -0.532. The van der Waals surface area contributed by atoms with E-state index >= 15 is 0 Å². The first-order chi connectivity index (χ1) is 13.5. The van der Waals surface area contributed by atoms with Crippen molar-refractivity contribution in [2.75, 3.05) is 6.54 Å². The van der Waals surface area contributed by atoms with Gasteiger partial charge in [-0.05, 0) is 36.2 Å². The van der Waals surface area contributed by atoms with Crippen LogP contribution in [0, 0.1) is 0 Å². The molecule has 0 saturated carbocycles. The number of fused-ring (bicyclic) bond motifs is 4. The molecular formula is C21H17Cl2N3O2. The molecule has 1 aromatic heterocycles. The highest BCUT2D eigenvalue weighted by Crippen LogP contribution is 2.45. The Labute approximate surface area is 171 Å². The highest BCUT2D eigenvalue weighted by Gasteiger charge is 2.52. The monoisotopic (exact) mass is 413 g/mol. The number of H-pyrrole nitrogens is 1. The SMILES string of the molecule is CCN1C(=O)[C@H]2Cc3c([nH]c4ccccc34)[C@H](c3ccc(Cl)cc3Cl)N2C1=O. The Morgan fingerprint density at radius 3 is 2.68 bits per heavy atom. The number of hydrogen-bond acceptors (Lipinski definition) is 2. The number of urea groups is 1. The molecule has 2 aliphatic heterocycles. The van der Waals surface area contributed by atoms with E-state index in [1.54, 1.807) is 17.0 Å². The molecule has 3 amide bonds. The quantitative estimate of drug-likeness (QED) is 0.614. The van der Waals surface area contributed by atoms with Crippen molar-refractivity contribution in [2.24, 2.45) is 0 Å². The first-order valence-corrected chi connectivity index (χ1v) is 9.95. The number of halogens is 2. The van der Waals surface area contributed by atoms with Gasteiger partial charge in [0.1, 0.15) is 12.1 Å². The van der Waals surface area contributed by atoms with Gasteiger partial charge < -0.3 is 4.98 Å². The van der Waals surface area contributed by atoms with Gasteiger partial charge in [-0.15, -0.1) is 0 Å². The Kier molecular flexibility index (Phi) is 3.93. The molecule has 142 valence electrons. The lowest BCUT2D eigenvalue weighted by Crippen LogP contribution is -2.44. The van der Waals surface area contributed by atoms with Gasteiger partial charge in [0.25, 0.3) is 5.91 Å². The first kappa shape index (κ1) is 17.6. The highest BCUT2D eigenvalue weighted by molar-refractivity contribution is 6.35. The lowest BCUT2D eigenvalue weighted by Gasteiger charge is -2.36. The summed E-state index contributed by atoms with van der Waals surface area (Å²) in [5, 5.41) is 2.07. The summed E-state index contributed by atoms with van der Waals surface area (Å²) in [6.07, 6.45) is 0.488. The second kappa shape index (κ2) is 6.26. The molecule has 28 heavy (non-hydrogen) atoms. The molecule has 3 aromatic rings. The van der Waals surface area contributed by atoms with Crippen LogP contribution >= 0.6 is 23.2 Å². The van der Waals surface area contributed by atoms with Crippen molar-refractivity contribution in [1.82, 2.24) is 14.8 Å². The van der Waals surface area contributed by atoms with Crippen LogP contribution in [0.1, 0.15) is 29.8 Å². The van der Waals surface area contributed by atoms with Crippen LogP contribution in [-0.2, 0) is 11.2 Å². The van der Waals surface area contributed by atoms with Crippen molar-refractivity contribution in [3.8, 4) is 0 Å². The number of likely N-dealkylation sites (N-methyl/N-ethyl adjacent to an activating group) is 1. The minimum absolute atomic E-state index is 0.154. The Bertz CT molecular complexity index is 1140. The molecule has 2 atom stereocenters. The zero-order chi connectivity index (χ0) is 19.6. The van der Waals surface area contributed by atoms with Gasteiger partial charge in [-0.25, -0.2) is 4.79 Å². The molecule has 1 saturated heterocycles. The number of imide groups is 1. The molecule has 1 N–H and O–H groups in total. The zero-order valence-electron chi connectivity index (χ0n) is 15.1. The first-order valence-electron chi connectivity index (χ1n) is 9.19. The van der Waals surface area contributed by atoms with Crippen LogP contribution in [0.25, 0.3) is 10.9 Å². The molecule has 0 spiro atoms. The van der Waals surface area contributed by atoms with E-state index in [4.69, 9.17) is 23.2 Å². The summed E-state index contributed by atoms with van der Waals surface area (Å²) in [6.45, 7) is 2.16. The third-order valence-electron chi connectivity index (χ3n) is 5.71. The molecule has 2 aliphatic rings. The Morgan fingerprint density at radius 1 is 1.14 bits per heavy atom. The van der Waals surface area contributed by atoms with Gasteiger partial charge in [0.2, 0.25) is 0 Å². The third kappa shape index (κ3) is 2.33. The normalized spacial score (nSPS) is 21.4. The lowest BCUT2D eigenvalue weighted by molar-refractivity contribution is -0.128. The van der Waals surface area contributed by atoms with E-state index in [0.29, 0.717) is 23.0 Å². The molecule has 0 aliphatic carbocycles. The Morgan fingerprint density at radius 2 is 1.93 bits per heavy atom. The average molecular weight is 414 g/mol. The summed E-state index contributed by atoms with van der Waals surface area (Å²) in [5.41, 5.74) is 3.70. The van der Waals surface area contributed by atoms with Crippen molar-refractivity contribution in [3.05, 3.63) is 69.3 Å². The number of benzene rings is 2. The van der Waals surface area contributed by atoms with Crippen molar-refractivity contribution in [1.29, 1.82) is 0 Å². The van der Waals surface area contributed by atoms with Crippen LogP contribution in [-0.4, -0.2) is 39.3 Å². The van der Waals surface area contributed by atoms with E-state index in [1.807, 2.05) is 37.3 Å². The van der Waals surface area contributed by atoms with E-state index in [0.717, 1.165) is 27.7 Å². The number of nitrogens with one attached hydrogen (secondary N) is 1. The number of hydrogen-bond donors (Lipinski definition) is 1. The summed E-state index contributed by atoms with van der Waals surface area (Å²) >= 11 is 12.6. The molecule has 0 radical (unpaired) electrons. The number of carbonyl (C=O) groups excluding carboxylic acids is 2. The van der Waals surface area contributed by atoms with Gasteiger partial charge in [0.15, 0.2) is 0 Å². The maximum absolute atomic E-state index is 13.1. The largest absolute Gasteiger partial charge is 0.356 e. The van der Waals surface area contributed by atoms with Gasteiger partial charge in [-0.2, -0.15) is 0 Å². The molecule has 2 aromatic carbocycles. The van der Waals surface area contributed by atoms with Gasteiger partial charge in [0.05, 0.1) is 0 Å². The molecule has 1 fully saturated rings. The Hall–Kier alpha value is -2.50. The standard InChI is InChI=1S/C21H17Cl2N3O2/c1-2-25-20(27)17-10-14-12-5-3-4-6-16(12)24-18(14)19(26(17)21(25)28)13-8-7-11(22)9-15(13)23/h3-9,17,19,24H,2,10H2,1H3/t17-,19+/m1/s1. The highest BCUT2D eigenvalue weighted by atomic mass is 35.5. The maximum atomic E-state index is 13.1. The van der Waals surface area contributed by atoms with Crippen LogP contribution in [0.2, 0.25) is 10.0 Å². The van der Waals surface area contributed by atoms with Crippen molar-refractivity contribution in [2.45, 2.75) is 25.4 Å². The van der Waals surface area contributed by atoms with Gasteiger partial charge in [0, 0.05) is 39.6 Å². The Balaban J connectivity index is 1.78. The zero-order valence-corrected chi connectivity index (χ0v) is 16.6. The predicted molar refractivity (Wildman–Crippen MR) is 109 cm³/mol. The molecule has 0 bridgehead atoms. The number of nitrogens with zero attached hydrogens (tertiary/aromatic N) is 2. The summed E-state index contributed by atoms with van der Waals surface area (Å²) in [5.74, 6) is -0.154. The average Bonchev–Trinajstić information content (AvgIpc) is 3.16. The lowest BCUT2D eigenvalue weighted by atomic mass is 9.89. The van der Waals surface area contributed by atoms with Crippen molar-refractivity contribution < 1.29 is 9.59 Å². The van der Waals surface area contributed by atoms with Gasteiger partial charge in [-0.3, -0.25) is 14.6 Å². The van der Waals surface area contributed by atoms with E-state index in [9.17, 15) is 9.59 Å². The van der Waals surface area contributed by atoms with E-state index in [1.165, 1.54) is 4.90 Å². The third-order valence-corrected chi connectivity index (χ3v) is 6.27. The smallest absolute Gasteiger partial charge is 0.328 e. The van der Waals surface area contributed by atoms with Crippen LogP contribution in [0.5, 0.6) is 0 Å². The number of amides is 3. The number of carbonyl (C=O) groups is 2. The predicted octanol–water partition coefficient (Wildman–Crippen LogP) is 4.77. The molecule has 0 unspecified atom stereocenters. The van der Waals surface area contributed by atoms with E-state index in [2.05, 4.69) is 4.98 Å². The van der Waals surface area contributed by atoms with Crippen LogP contribution in [0.4, 0.5) is 4.79 Å². The maximum Gasteiger partial charge on any atom is 0.328 e. The molecule has 7 heteroatoms. The van der Waals surface area contributed by atoms with Crippen molar-refractivity contribution in [3.63, 3.8) is 0 Å². The number of rotatable bonds is 2. The van der Waals surface area contributed by atoms with Crippen LogP contribution < -0.4 is 0 Å². The fourth-order valence-electron chi connectivity index (χ4n) is 4.47. The van der Waals surface area contributed by atoms with Crippen LogP contribution in [0.3, 0.4) is 0 Å². The minimum Gasteiger partial charge on any atom is -0.356 e. The topological polar surface area (TPSA) is 56.4 Å². The summed E-state index contributed by atoms with van der Waals surface area (Å²) in [6, 6.07) is 12.0. The second-order valence-electron chi connectivity index (χ2n) is 7.12. The van der Waals surface area contributed by atoms with Crippen molar-refractivity contribution >= 4 is 46.0 Å². The van der Waals surface area contributed by atoms with E-state index < -0.39 is 12.1 Å². The number of para-hydroxylation sites is 1. The second-order valence-corrected chi connectivity index (χ2v) is 7.97. The summed E-state index contributed by atoms with van der Waals surface area (Å²) in [7, 11) is 0. The van der Waals surface area contributed by atoms with Gasteiger partial charge in [-0.1, -0.05) is 47.5 Å². The fraction of sp³-hybridized carbons (Fsp3) is 0.238. The number of aromatic amines is 1. The van der Waals surface area contributed by atoms with Crippen LogP contribution in [0.15, 0.2) is 42.5 Å². The van der Waals surface area contributed by atoms with Gasteiger partial charge >= 0.3 is 6.03 Å². The number of aromatic nitrogens is 1. The fourth-order valence-corrected chi connectivity index (χ4v) is 4.98. The molecule has 5 rings (SSSR count). The summed E-state index contributed by atoms with van der Waals surface area (Å²) in [4.78, 5) is 32.5. The molecule has 5 nitrogen and oxygen atoms in total. The molecule has 3 heterocycles. The summed E-state index contributed by atoms with van der Waals surface area (Å²) < 4.78 is 0.